The minimum Gasteiger partial charge on any atom is -0.383 e. The smallest absolute Gasteiger partial charge is 0.141 e. The fourth-order valence-electron chi connectivity index (χ4n) is 3.27. The number of thiophene rings is 1. The lowest BCUT2D eigenvalue weighted by atomic mass is 10.1. The highest BCUT2D eigenvalue weighted by Crippen LogP contribution is 2.28. The van der Waals surface area contributed by atoms with Crippen LogP contribution in [-0.2, 0) is 0 Å². The van der Waals surface area contributed by atoms with E-state index in [0.717, 1.165) is 29.2 Å². The Bertz CT molecular complexity index is 857. The zero-order valence-corrected chi connectivity index (χ0v) is 14.5. The predicted molar refractivity (Wildman–Crippen MR) is 100 cm³/mol. The van der Waals surface area contributed by atoms with Crippen LogP contribution in [0.2, 0.25) is 0 Å². The highest BCUT2D eigenvalue weighted by atomic mass is 32.1. The maximum absolute atomic E-state index is 6.08. The summed E-state index contributed by atoms with van der Waals surface area (Å²) in [6, 6.07) is 10.7. The Morgan fingerprint density at radius 1 is 1.29 bits per heavy atom. The molecule has 3 heterocycles. The molecule has 24 heavy (non-hydrogen) atoms. The summed E-state index contributed by atoms with van der Waals surface area (Å²) in [6.45, 7) is 2.29. The van der Waals surface area contributed by atoms with Gasteiger partial charge < -0.3 is 15.2 Å². The molecule has 3 aromatic rings. The molecule has 4 rings (SSSR count). The van der Waals surface area contributed by atoms with Gasteiger partial charge in [-0.3, -0.25) is 0 Å². The third-order valence-corrected chi connectivity index (χ3v) is 5.56. The van der Waals surface area contributed by atoms with E-state index >= 15 is 0 Å². The first-order chi connectivity index (χ1) is 11.7. The molecule has 0 radical (unpaired) electrons. The first kappa shape index (κ1) is 15.4. The molecule has 0 saturated carbocycles. The van der Waals surface area contributed by atoms with Gasteiger partial charge in [-0.1, -0.05) is 6.07 Å². The summed E-state index contributed by atoms with van der Waals surface area (Å²) in [5.74, 6) is 0.555. The summed E-state index contributed by atoms with van der Waals surface area (Å²) in [5, 5.41) is 2.00. The van der Waals surface area contributed by atoms with Crippen molar-refractivity contribution in [3.8, 4) is 0 Å². The molecule has 0 unspecified atom stereocenters. The summed E-state index contributed by atoms with van der Waals surface area (Å²) in [6.07, 6.45) is 4.32. The van der Waals surface area contributed by atoms with Gasteiger partial charge in [-0.15, -0.1) is 11.3 Å². The second-order valence-corrected chi connectivity index (χ2v) is 7.28. The lowest BCUT2D eigenvalue weighted by molar-refractivity contribution is 0.223. The highest BCUT2D eigenvalue weighted by Gasteiger charge is 2.19. The molecule has 124 valence electrons. The normalized spacial score (nSPS) is 17.6. The molecule has 5 nitrogen and oxygen atoms in total. The number of piperidine rings is 1. The van der Waals surface area contributed by atoms with Gasteiger partial charge in [0.2, 0.25) is 0 Å². The van der Waals surface area contributed by atoms with Crippen LogP contribution >= 0.6 is 11.3 Å². The van der Waals surface area contributed by atoms with Crippen molar-refractivity contribution < 1.29 is 0 Å². The van der Waals surface area contributed by atoms with E-state index in [1.165, 1.54) is 18.4 Å². The highest BCUT2D eigenvalue weighted by molar-refractivity contribution is 7.12. The van der Waals surface area contributed by atoms with Crippen molar-refractivity contribution in [2.75, 3.05) is 20.1 Å². The van der Waals surface area contributed by atoms with Gasteiger partial charge in [-0.05, 0) is 62.6 Å². The average molecular weight is 339 g/mol. The third kappa shape index (κ3) is 2.95. The minimum atomic E-state index is 0.539. The van der Waals surface area contributed by atoms with Crippen LogP contribution in [0, 0.1) is 0 Å². The number of hydrogen-bond donors (Lipinski definition) is 1. The molecule has 2 aromatic heterocycles. The molecule has 6 heteroatoms. The second-order valence-electron chi connectivity index (χ2n) is 6.33. The van der Waals surface area contributed by atoms with E-state index in [4.69, 9.17) is 5.73 Å². The van der Waals surface area contributed by atoms with E-state index in [1.54, 1.807) is 11.3 Å². The van der Waals surface area contributed by atoms with Crippen molar-refractivity contribution in [1.82, 2.24) is 14.5 Å². The zero-order valence-electron chi connectivity index (χ0n) is 13.7. The maximum Gasteiger partial charge on any atom is 0.141 e. The number of nitrogens with zero attached hydrogens (tertiary/aromatic N) is 4. The standard InChI is InChI=1S/C18H21N5S/c1-22-8-6-14(7-9-22)23-12-20-15-11-13(4-5-16(15)23)21-18(19)17-3-2-10-24-17/h2-5,10-12,14H,6-9H2,1H3,(H2,19,21). The SMILES string of the molecule is CN1CCC(n2cnc3cc(N=C(N)c4cccs4)ccc32)CC1. The van der Waals surface area contributed by atoms with E-state index < -0.39 is 0 Å². The monoisotopic (exact) mass is 339 g/mol. The van der Waals surface area contributed by atoms with Crippen molar-refractivity contribution in [2.24, 2.45) is 10.7 Å². The Morgan fingerprint density at radius 2 is 2.12 bits per heavy atom. The molecule has 1 aliphatic heterocycles. The van der Waals surface area contributed by atoms with Gasteiger partial charge in [0.15, 0.2) is 0 Å². The number of hydrogen-bond acceptors (Lipinski definition) is 4. The van der Waals surface area contributed by atoms with E-state index in [9.17, 15) is 0 Å². The molecule has 0 aliphatic carbocycles. The summed E-state index contributed by atoms with van der Waals surface area (Å²) < 4.78 is 2.32. The molecule has 1 saturated heterocycles. The van der Waals surface area contributed by atoms with Crippen LogP contribution in [0.4, 0.5) is 5.69 Å². The number of aliphatic imine (C=N–C) groups is 1. The molecule has 1 aliphatic rings. The quantitative estimate of drug-likeness (QED) is 0.588. The molecular formula is C18H21N5S. The second kappa shape index (κ2) is 6.37. The molecular weight excluding hydrogens is 318 g/mol. The van der Waals surface area contributed by atoms with Gasteiger partial charge >= 0.3 is 0 Å². The number of imidazole rings is 1. The van der Waals surface area contributed by atoms with E-state index in [1.807, 2.05) is 36.0 Å². The van der Waals surface area contributed by atoms with Crippen LogP contribution in [0.3, 0.4) is 0 Å². The summed E-state index contributed by atoms with van der Waals surface area (Å²) in [7, 11) is 2.19. The zero-order chi connectivity index (χ0) is 16.5. The minimum absolute atomic E-state index is 0.539. The Labute approximate surface area is 145 Å². The summed E-state index contributed by atoms with van der Waals surface area (Å²) in [4.78, 5) is 12.5. The number of benzene rings is 1. The van der Waals surface area contributed by atoms with Crippen LogP contribution in [0.5, 0.6) is 0 Å². The maximum atomic E-state index is 6.08. The fraction of sp³-hybridized carbons (Fsp3) is 0.333. The van der Waals surface area contributed by atoms with E-state index in [2.05, 4.69) is 32.6 Å². The van der Waals surface area contributed by atoms with Crippen molar-refractivity contribution in [2.45, 2.75) is 18.9 Å². The Hall–Kier alpha value is -2.18. The number of likely N-dealkylation sites (tertiary alicyclic amines) is 1. The fourth-order valence-corrected chi connectivity index (χ4v) is 3.90. The van der Waals surface area contributed by atoms with Crippen molar-refractivity contribution in [1.29, 1.82) is 0 Å². The largest absolute Gasteiger partial charge is 0.383 e. The molecule has 1 fully saturated rings. The van der Waals surface area contributed by atoms with Crippen LogP contribution in [0.1, 0.15) is 23.8 Å². The van der Waals surface area contributed by atoms with Gasteiger partial charge in [0.25, 0.3) is 0 Å². The van der Waals surface area contributed by atoms with Gasteiger partial charge in [0.05, 0.1) is 27.9 Å². The molecule has 0 amide bonds. The summed E-state index contributed by atoms with van der Waals surface area (Å²) >= 11 is 1.60. The predicted octanol–water partition coefficient (Wildman–Crippen LogP) is 3.40. The van der Waals surface area contributed by atoms with Gasteiger partial charge in [0.1, 0.15) is 5.84 Å². The van der Waals surface area contributed by atoms with Crippen molar-refractivity contribution >= 4 is 33.9 Å². The lowest BCUT2D eigenvalue weighted by Gasteiger charge is -2.30. The van der Waals surface area contributed by atoms with Gasteiger partial charge in [-0.25, -0.2) is 9.98 Å². The van der Waals surface area contributed by atoms with Crippen molar-refractivity contribution in [3.63, 3.8) is 0 Å². The number of nitrogens with two attached hydrogens (primary N) is 1. The van der Waals surface area contributed by atoms with Gasteiger partial charge in [0, 0.05) is 6.04 Å². The van der Waals surface area contributed by atoms with E-state index in [-0.39, 0.29) is 0 Å². The van der Waals surface area contributed by atoms with Crippen LogP contribution in [0.25, 0.3) is 11.0 Å². The molecule has 0 spiro atoms. The van der Waals surface area contributed by atoms with Crippen LogP contribution in [-0.4, -0.2) is 40.4 Å². The average Bonchev–Trinajstić information content (AvgIpc) is 3.25. The number of fused-ring (bicyclic) bond motifs is 1. The Balaban J connectivity index is 1.62. The lowest BCUT2D eigenvalue weighted by Crippen LogP contribution is -2.31. The molecule has 1 aromatic carbocycles. The van der Waals surface area contributed by atoms with Crippen molar-refractivity contribution in [3.05, 3.63) is 46.9 Å². The molecule has 2 N–H and O–H groups in total. The summed E-state index contributed by atoms with van der Waals surface area (Å²) in [5.41, 5.74) is 9.09. The number of rotatable bonds is 3. The first-order valence-electron chi connectivity index (χ1n) is 8.24. The third-order valence-electron chi connectivity index (χ3n) is 4.66. The first-order valence-corrected chi connectivity index (χ1v) is 9.12. The molecule has 0 bridgehead atoms. The van der Waals surface area contributed by atoms with Crippen LogP contribution in [0.15, 0.2) is 47.0 Å². The number of amidine groups is 1. The Kier molecular flexibility index (Phi) is 4.08. The number of aromatic nitrogens is 2. The topological polar surface area (TPSA) is 59.4 Å². The Morgan fingerprint density at radius 3 is 2.88 bits per heavy atom. The van der Waals surface area contributed by atoms with Crippen LogP contribution < -0.4 is 5.73 Å². The van der Waals surface area contributed by atoms with Gasteiger partial charge in [-0.2, -0.15) is 0 Å². The molecule has 0 atom stereocenters. The van der Waals surface area contributed by atoms with E-state index in [0.29, 0.717) is 11.9 Å².